The van der Waals surface area contributed by atoms with Crippen molar-refractivity contribution in [3.8, 4) is 0 Å². The quantitative estimate of drug-likeness (QED) is 0.783. The molecular weight excluding hydrogens is 250 g/mol. The van der Waals surface area contributed by atoms with E-state index < -0.39 is 0 Å². The second-order valence-corrected chi connectivity index (χ2v) is 5.75. The van der Waals surface area contributed by atoms with Gasteiger partial charge in [-0.3, -0.25) is 0 Å². The molecule has 0 unspecified atom stereocenters. The van der Waals surface area contributed by atoms with Crippen molar-refractivity contribution in [2.45, 2.75) is 51.6 Å². The molecule has 0 spiro atoms. The van der Waals surface area contributed by atoms with Crippen LogP contribution in [-0.4, -0.2) is 26.2 Å². The van der Waals surface area contributed by atoms with Crippen LogP contribution in [0.15, 0.2) is 18.2 Å². The second-order valence-electron chi connectivity index (χ2n) is 5.75. The molecule has 0 bridgehead atoms. The Hall–Kier alpha value is -1.51. The second kappa shape index (κ2) is 6.78. The average Bonchev–Trinajstić information content (AvgIpc) is 2.47. The monoisotopic (exact) mass is 275 g/mol. The zero-order valence-electron chi connectivity index (χ0n) is 12.8. The van der Waals surface area contributed by atoms with E-state index in [1.165, 1.54) is 19.3 Å². The molecule has 0 heterocycles. The van der Waals surface area contributed by atoms with Gasteiger partial charge in [0.2, 0.25) is 0 Å². The highest BCUT2D eigenvalue weighted by atomic mass is 16.5. The first-order valence-corrected chi connectivity index (χ1v) is 7.63. The maximum Gasteiger partial charge on any atom is 0.338 e. The molecule has 1 aliphatic rings. The van der Waals surface area contributed by atoms with Crippen molar-refractivity contribution >= 4 is 11.7 Å². The van der Waals surface area contributed by atoms with Crippen LogP contribution in [0.4, 0.5) is 5.69 Å². The van der Waals surface area contributed by atoms with E-state index in [9.17, 15) is 4.79 Å². The van der Waals surface area contributed by atoms with Crippen molar-refractivity contribution < 1.29 is 9.53 Å². The van der Waals surface area contributed by atoms with Gasteiger partial charge in [0.15, 0.2) is 0 Å². The number of hydrogen-bond acceptors (Lipinski definition) is 3. The summed E-state index contributed by atoms with van der Waals surface area (Å²) in [5, 5.41) is 0. The third kappa shape index (κ3) is 3.53. The zero-order valence-corrected chi connectivity index (χ0v) is 12.8. The number of carbonyl (C=O) groups excluding carboxylic acids is 1. The van der Waals surface area contributed by atoms with Crippen LogP contribution >= 0.6 is 0 Å². The summed E-state index contributed by atoms with van der Waals surface area (Å²) in [5.74, 6) is -0.154. The molecule has 0 amide bonds. The molecule has 1 aromatic carbocycles. The molecule has 1 aromatic rings. The molecule has 1 saturated carbocycles. The highest BCUT2D eigenvalue weighted by Gasteiger charge is 2.20. The first-order chi connectivity index (χ1) is 9.61. The van der Waals surface area contributed by atoms with E-state index in [1.54, 1.807) is 0 Å². The molecule has 0 aromatic heterocycles. The van der Waals surface area contributed by atoms with Crippen LogP contribution in [-0.2, 0) is 11.2 Å². The summed E-state index contributed by atoms with van der Waals surface area (Å²) in [6, 6.07) is 5.97. The summed E-state index contributed by atoms with van der Waals surface area (Å²) < 4.78 is 5.67. The lowest BCUT2D eigenvalue weighted by atomic mass is 9.97. The fourth-order valence-electron chi connectivity index (χ4n) is 2.75. The van der Waals surface area contributed by atoms with Crippen LogP contribution in [0.5, 0.6) is 0 Å². The summed E-state index contributed by atoms with van der Waals surface area (Å²) in [7, 11) is 4.02. The van der Waals surface area contributed by atoms with Crippen LogP contribution < -0.4 is 4.90 Å². The smallest absolute Gasteiger partial charge is 0.338 e. The molecule has 0 radical (unpaired) electrons. The Morgan fingerprint density at radius 3 is 2.55 bits per heavy atom. The van der Waals surface area contributed by atoms with Crippen LogP contribution in [0.2, 0.25) is 0 Å². The number of anilines is 1. The van der Waals surface area contributed by atoms with Crippen molar-refractivity contribution in [2.75, 3.05) is 19.0 Å². The van der Waals surface area contributed by atoms with Crippen molar-refractivity contribution in [2.24, 2.45) is 0 Å². The number of hydrogen-bond donors (Lipinski definition) is 0. The lowest BCUT2D eigenvalue weighted by Gasteiger charge is -2.22. The molecule has 3 heteroatoms. The van der Waals surface area contributed by atoms with Gasteiger partial charge in [-0.05, 0) is 55.9 Å². The molecule has 3 nitrogen and oxygen atoms in total. The summed E-state index contributed by atoms with van der Waals surface area (Å²) >= 11 is 0. The number of aryl methyl sites for hydroxylation is 1. The molecule has 0 N–H and O–H groups in total. The largest absolute Gasteiger partial charge is 0.459 e. The molecule has 0 atom stereocenters. The summed E-state index contributed by atoms with van der Waals surface area (Å²) in [5.41, 5.74) is 2.91. The number of nitrogens with zero attached hydrogens (tertiary/aromatic N) is 1. The minimum absolute atomic E-state index is 0.120. The van der Waals surface area contributed by atoms with Gasteiger partial charge in [0, 0.05) is 19.8 Å². The number of rotatable bonds is 4. The predicted molar refractivity (Wildman–Crippen MR) is 82.4 cm³/mol. The summed E-state index contributed by atoms with van der Waals surface area (Å²) in [6.07, 6.45) is 6.62. The van der Waals surface area contributed by atoms with Gasteiger partial charge in [-0.1, -0.05) is 13.3 Å². The van der Waals surface area contributed by atoms with Gasteiger partial charge in [-0.15, -0.1) is 0 Å². The zero-order chi connectivity index (χ0) is 14.5. The van der Waals surface area contributed by atoms with E-state index in [4.69, 9.17) is 4.74 Å². The Bertz CT molecular complexity index is 462. The fourth-order valence-corrected chi connectivity index (χ4v) is 2.75. The van der Waals surface area contributed by atoms with Crippen molar-refractivity contribution in [3.05, 3.63) is 29.3 Å². The highest BCUT2D eigenvalue weighted by Crippen LogP contribution is 2.24. The van der Waals surface area contributed by atoms with Crippen molar-refractivity contribution in [3.63, 3.8) is 0 Å². The molecule has 1 fully saturated rings. The van der Waals surface area contributed by atoms with Crippen LogP contribution in [0.1, 0.15) is 54.9 Å². The van der Waals surface area contributed by atoms with Gasteiger partial charge in [0.05, 0.1) is 5.56 Å². The summed E-state index contributed by atoms with van der Waals surface area (Å²) in [4.78, 5) is 14.4. The van der Waals surface area contributed by atoms with E-state index in [0.717, 1.165) is 36.1 Å². The topological polar surface area (TPSA) is 29.5 Å². The minimum Gasteiger partial charge on any atom is -0.459 e. The minimum atomic E-state index is -0.154. The number of ether oxygens (including phenoxy) is 1. The number of carbonyl (C=O) groups is 1. The van der Waals surface area contributed by atoms with Crippen LogP contribution in [0, 0.1) is 0 Å². The molecule has 0 aliphatic heterocycles. The Morgan fingerprint density at radius 1 is 1.25 bits per heavy atom. The predicted octanol–water partition coefficient (Wildman–Crippen LogP) is 3.80. The Morgan fingerprint density at radius 2 is 1.95 bits per heavy atom. The maximum atomic E-state index is 12.3. The van der Waals surface area contributed by atoms with Gasteiger partial charge in [-0.2, -0.15) is 0 Å². The first kappa shape index (κ1) is 14.9. The van der Waals surface area contributed by atoms with Gasteiger partial charge in [0.1, 0.15) is 6.10 Å². The van der Waals surface area contributed by atoms with Gasteiger partial charge in [0.25, 0.3) is 0 Å². The lowest BCUT2D eigenvalue weighted by molar-refractivity contribution is 0.0210. The van der Waals surface area contributed by atoms with Crippen molar-refractivity contribution in [1.82, 2.24) is 0 Å². The molecular formula is C17H25NO2. The van der Waals surface area contributed by atoms with Crippen molar-refractivity contribution in [1.29, 1.82) is 0 Å². The van der Waals surface area contributed by atoms with Gasteiger partial charge < -0.3 is 9.64 Å². The van der Waals surface area contributed by atoms with E-state index in [2.05, 4.69) is 17.9 Å². The Labute approximate surface area is 121 Å². The molecule has 110 valence electrons. The van der Waals surface area contributed by atoms with E-state index in [0.29, 0.717) is 0 Å². The fraction of sp³-hybridized carbons (Fsp3) is 0.588. The first-order valence-electron chi connectivity index (χ1n) is 7.63. The van der Waals surface area contributed by atoms with E-state index in [1.807, 2.05) is 26.2 Å². The molecule has 1 aliphatic carbocycles. The highest BCUT2D eigenvalue weighted by molar-refractivity contribution is 5.91. The normalized spacial score (nSPS) is 15.9. The Balaban J connectivity index is 2.12. The number of benzene rings is 1. The van der Waals surface area contributed by atoms with E-state index in [-0.39, 0.29) is 12.1 Å². The van der Waals surface area contributed by atoms with Crippen LogP contribution in [0.25, 0.3) is 0 Å². The van der Waals surface area contributed by atoms with Crippen LogP contribution in [0.3, 0.4) is 0 Å². The summed E-state index contributed by atoms with van der Waals surface area (Å²) in [6.45, 7) is 2.08. The third-order valence-corrected chi connectivity index (χ3v) is 4.03. The molecule has 0 saturated heterocycles. The third-order valence-electron chi connectivity index (χ3n) is 4.03. The number of esters is 1. The van der Waals surface area contributed by atoms with Gasteiger partial charge >= 0.3 is 5.97 Å². The molecule has 2 rings (SSSR count). The SMILES string of the molecule is CCc1cc(N(C)C)ccc1C(=O)OC1CCCCC1. The average molecular weight is 275 g/mol. The molecule has 20 heavy (non-hydrogen) atoms. The Kier molecular flexibility index (Phi) is 5.05. The standard InChI is InChI=1S/C17H25NO2/c1-4-13-12-14(18(2)3)10-11-16(13)17(19)20-15-8-6-5-7-9-15/h10-12,15H,4-9H2,1-3H3. The lowest BCUT2D eigenvalue weighted by Crippen LogP contribution is -2.21. The maximum absolute atomic E-state index is 12.3. The van der Waals surface area contributed by atoms with E-state index >= 15 is 0 Å². The van der Waals surface area contributed by atoms with Gasteiger partial charge in [-0.25, -0.2) is 4.79 Å².